The highest BCUT2D eigenvalue weighted by Crippen LogP contribution is 2.15. The van der Waals surface area contributed by atoms with E-state index in [4.69, 9.17) is 0 Å². The third kappa shape index (κ3) is 3.15. The van der Waals surface area contributed by atoms with Crippen LogP contribution in [0.2, 0.25) is 0 Å². The van der Waals surface area contributed by atoms with Crippen LogP contribution in [0, 0.1) is 0 Å². The van der Waals surface area contributed by atoms with Crippen LogP contribution >= 0.6 is 11.8 Å². The fourth-order valence-corrected chi connectivity index (χ4v) is 3.42. The molecule has 3 heteroatoms. The van der Waals surface area contributed by atoms with Gasteiger partial charge >= 0.3 is 0 Å². The van der Waals surface area contributed by atoms with Crippen molar-refractivity contribution in [1.29, 1.82) is 0 Å². The largest absolute Gasteiger partial charge is 0.313 e. The van der Waals surface area contributed by atoms with Crippen LogP contribution in [0.3, 0.4) is 0 Å². The lowest BCUT2D eigenvalue weighted by atomic mass is 10.2. The van der Waals surface area contributed by atoms with Crippen LogP contribution in [0.15, 0.2) is 0 Å². The van der Waals surface area contributed by atoms with Gasteiger partial charge in [-0.3, -0.25) is 0 Å². The Bertz CT molecular complexity index is 124. The molecule has 2 atom stereocenters. The van der Waals surface area contributed by atoms with Crippen molar-refractivity contribution in [2.45, 2.75) is 37.8 Å². The normalized spacial score (nSPS) is 34.2. The van der Waals surface area contributed by atoms with Gasteiger partial charge in [0.25, 0.3) is 0 Å². The molecule has 0 spiro atoms. The quantitative estimate of drug-likeness (QED) is 0.713. The maximum Gasteiger partial charge on any atom is 0.0158 e. The third-order valence-electron chi connectivity index (χ3n) is 2.96. The molecule has 0 aromatic heterocycles. The molecule has 0 aliphatic carbocycles. The highest BCUT2D eigenvalue weighted by molar-refractivity contribution is 7.99. The zero-order chi connectivity index (χ0) is 8.93. The molecule has 0 aromatic rings. The summed E-state index contributed by atoms with van der Waals surface area (Å²) in [6.07, 6.45) is 5.55. The van der Waals surface area contributed by atoms with Crippen molar-refractivity contribution in [3.05, 3.63) is 0 Å². The summed E-state index contributed by atoms with van der Waals surface area (Å²) in [5.41, 5.74) is 0. The Morgan fingerprint density at radius 2 is 1.46 bits per heavy atom. The maximum atomic E-state index is 3.54. The molecule has 13 heavy (non-hydrogen) atoms. The Kier molecular flexibility index (Phi) is 3.94. The fourth-order valence-electron chi connectivity index (χ4n) is 2.15. The highest BCUT2D eigenvalue weighted by Gasteiger charge is 2.16. The summed E-state index contributed by atoms with van der Waals surface area (Å²) in [5.74, 6) is 2.64. The van der Waals surface area contributed by atoms with Gasteiger partial charge in [-0.2, -0.15) is 11.8 Å². The Labute approximate surface area is 85.2 Å². The van der Waals surface area contributed by atoms with Crippen molar-refractivity contribution in [2.75, 3.05) is 24.6 Å². The molecular formula is C10H20N2S. The topological polar surface area (TPSA) is 24.1 Å². The molecule has 2 N–H and O–H groups in total. The van der Waals surface area contributed by atoms with Crippen LogP contribution in [-0.4, -0.2) is 36.7 Å². The summed E-state index contributed by atoms with van der Waals surface area (Å²) >= 11 is 2.12. The van der Waals surface area contributed by atoms with Gasteiger partial charge in [0, 0.05) is 23.6 Å². The lowest BCUT2D eigenvalue weighted by Crippen LogP contribution is -2.27. The second-order valence-corrected chi connectivity index (χ2v) is 5.20. The molecule has 2 aliphatic heterocycles. The molecule has 0 amide bonds. The summed E-state index contributed by atoms with van der Waals surface area (Å²) in [6.45, 7) is 2.49. The van der Waals surface area contributed by atoms with E-state index in [9.17, 15) is 0 Å². The summed E-state index contributed by atoms with van der Waals surface area (Å²) in [5, 5.41) is 7.08. The Balaban J connectivity index is 1.52. The van der Waals surface area contributed by atoms with E-state index in [0.717, 1.165) is 12.1 Å². The Morgan fingerprint density at radius 1 is 0.923 bits per heavy atom. The van der Waals surface area contributed by atoms with E-state index in [-0.39, 0.29) is 0 Å². The molecule has 2 fully saturated rings. The number of hydrogen-bond acceptors (Lipinski definition) is 3. The predicted octanol–water partition coefficient (Wildman–Crippen LogP) is 1.22. The molecule has 0 saturated carbocycles. The van der Waals surface area contributed by atoms with Gasteiger partial charge in [-0.1, -0.05) is 0 Å². The van der Waals surface area contributed by atoms with Crippen molar-refractivity contribution in [1.82, 2.24) is 10.6 Å². The van der Waals surface area contributed by atoms with Gasteiger partial charge in [-0.25, -0.2) is 0 Å². The molecular weight excluding hydrogens is 180 g/mol. The van der Waals surface area contributed by atoms with E-state index in [0.29, 0.717) is 0 Å². The van der Waals surface area contributed by atoms with Crippen molar-refractivity contribution < 1.29 is 0 Å². The maximum absolute atomic E-state index is 3.54. The molecule has 76 valence electrons. The van der Waals surface area contributed by atoms with Gasteiger partial charge in [0.15, 0.2) is 0 Å². The number of hydrogen-bond donors (Lipinski definition) is 2. The molecule has 0 radical (unpaired) electrons. The van der Waals surface area contributed by atoms with Crippen LogP contribution in [0.4, 0.5) is 0 Å². The van der Waals surface area contributed by atoms with Crippen LogP contribution < -0.4 is 10.6 Å². The van der Waals surface area contributed by atoms with Gasteiger partial charge in [-0.15, -0.1) is 0 Å². The average molecular weight is 200 g/mol. The molecule has 2 rings (SSSR count). The van der Waals surface area contributed by atoms with E-state index >= 15 is 0 Å². The minimum absolute atomic E-state index is 0.811. The van der Waals surface area contributed by atoms with E-state index in [1.165, 1.54) is 50.3 Å². The second-order valence-electron chi connectivity index (χ2n) is 4.12. The smallest absolute Gasteiger partial charge is 0.0158 e. The van der Waals surface area contributed by atoms with Crippen LogP contribution in [-0.2, 0) is 0 Å². The van der Waals surface area contributed by atoms with Gasteiger partial charge in [0.05, 0.1) is 0 Å². The predicted molar refractivity (Wildman–Crippen MR) is 59.4 cm³/mol. The van der Waals surface area contributed by atoms with E-state index in [1.54, 1.807) is 0 Å². The van der Waals surface area contributed by atoms with E-state index in [1.807, 2.05) is 0 Å². The minimum atomic E-state index is 0.811. The lowest BCUT2D eigenvalue weighted by Gasteiger charge is -2.12. The molecule has 0 aromatic carbocycles. The molecule has 0 bridgehead atoms. The van der Waals surface area contributed by atoms with Crippen molar-refractivity contribution in [2.24, 2.45) is 0 Å². The second kappa shape index (κ2) is 5.23. The zero-order valence-electron chi connectivity index (χ0n) is 8.22. The Morgan fingerprint density at radius 3 is 1.85 bits per heavy atom. The van der Waals surface area contributed by atoms with Crippen LogP contribution in [0.1, 0.15) is 25.7 Å². The third-order valence-corrected chi connectivity index (χ3v) is 4.24. The first-order valence-corrected chi connectivity index (χ1v) is 6.65. The van der Waals surface area contributed by atoms with Crippen molar-refractivity contribution in [3.8, 4) is 0 Å². The SMILES string of the molecule is C1CN[C@H](CSC[C@@H]2CCCN2)C1. The Hall–Kier alpha value is 0.270. The average Bonchev–Trinajstić information content (AvgIpc) is 2.75. The summed E-state index contributed by atoms with van der Waals surface area (Å²) < 4.78 is 0. The minimum Gasteiger partial charge on any atom is -0.313 e. The first-order valence-electron chi connectivity index (χ1n) is 5.49. The highest BCUT2D eigenvalue weighted by atomic mass is 32.2. The molecule has 2 nitrogen and oxygen atoms in total. The van der Waals surface area contributed by atoms with Gasteiger partial charge in [0.2, 0.25) is 0 Å². The lowest BCUT2D eigenvalue weighted by molar-refractivity contribution is 0.660. The van der Waals surface area contributed by atoms with Gasteiger partial charge in [-0.05, 0) is 38.8 Å². The van der Waals surface area contributed by atoms with E-state index in [2.05, 4.69) is 22.4 Å². The van der Waals surface area contributed by atoms with Gasteiger partial charge in [0.1, 0.15) is 0 Å². The first kappa shape index (κ1) is 9.81. The molecule has 2 saturated heterocycles. The summed E-state index contributed by atoms with van der Waals surface area (Å²) in [7, 11) is 0. The number of thioether (sulfide) groups is 1. The van der Waals surface area contributed by atoms with E-state index < -0.39 is 0 Å². The van der Waals surface area contributed by atoms with Crippen LogP contribution in [0.5, 0.6) is 0 Å². The van der Waals surface area contributed by atoms with Crippen molar-refractivity contribution in [3.63, 3.8) is 0 Å². The first-order chi connectivity index (χ1) is 6.45. The fraction of sp³-hybridized carbons (Fsp3) is 1.00. The molecule has 2 aliphatic rings. The monoisotopic (exact) mass is 200 g/mol. The molecule has 0 unspecified atom stereocenters. The summed E-state index contributed by atoms with van der Waals surface area (Å²) in [4.78, 5) is 0. The number of nitrogens with one attached hydrogen (secondary N) is 2. The van der Waals surface area contributed by atoms with Crippen LogP contribution in [0.25, 0.3) is 0 Å². The summed E-state index contributed by atoms with van der Waals surface area (Å²) in [6, 6.07) is 1.62. The molecule has 2 heterocycles. The zero-order valence-corrected chi connectivity index (χ0v) is 9.04. The van der Waals surface area contributed by atoms with Gasteiger partial charge < -0.3 is 10.6 Å². The standard InChI is InChI=1S/C10H20N2S/c1-3-9(11-5-1)7-13-8-10-4-2-6-12-10/h9-12H,1-8H2/t9-,10-/m0/s1. The number of rotatable bonds is 4. The van der Waals surface area contributed by atoms with Crippen molar-refractivity contribution >= 4 is 11.8 Å².